The van der Waals surface area contributed by atoms with Crippen molar-refractivity contribution in [3.8, 4) is 28.2 Å². The third-order valence-electron chi connectivity index (χ3n) is 5.09. The molecular formula is C26H24N2O3. The van der Waals surface area contributed by atoms with Crippen molar-refractivity contribution in [2.24, 2.45) is 0 Å². The van der Waals surface area contributed by atoms with E-state index in [1.165, 1.54) is 0 Å². The molecule has 0 saturated carbocycles. The predicted molar refractivity (Wildman–Crippen MR) is 122 cm³/mol. The second kappa shape index (κ2) is 9.30. The Kier molecular flexibility index (Phi) is 6.13. The summed E-state index contributed by atoms with van der Waals surface area (Å²) in [7, 11) is 0. The molecule has 5 heteroatoms. The van der Waals surface area contributed by atoms with Gasteiger partial charge in [-0.3, -0.25) is 13.9 Å². The van der Waals surface area contributed by atoms with E-state index in [1.807, 2.05) is 91.0 Å². The molecule has 0 radical (unpaired) electrons. The van der Waals surface area contributed by atoms with Crippen molar-refractivity contribution >= 4 is 5.97 Å². The smallest absolute Gasteiger partial charge is 0.333 e. The maximum atomic E-state index is 13.7. The van der Waals surface area contributed by atoms with E-state index in [9.17, 15) is 9.59 Å². The largest absolute Gasteiger partial charge is 0.466 e. The molecule has 1 heterocycles. The lowest BCUT2D eigenvalue weighted by Crippen LogP contribution is -2.25. The number of imidazole rings is 1. The Morgan fingerprint density at radius 1 is 0.774 bits per heavy atom. The predicted octanol–water partition coefficient (Wildman–Crippen LogP) is 4.93. The van der Waals surface area contributed by atoms with Crippen LogP contribution in [0.25, 0.3) is 28.2 Å². The summed E-state index contributed by atoms with van der Waals surface area (Å²) in [5.41, 5.74) is 4.01. The SMILES string of the molecule is CCOC(=O)CCn1c(-c2ccccc2)c(-c2ccccc2)n(-c2ccccc2)c1=O. The Hall–Kier alpha value is -3.86. The van der Waals surface area contributed by atoms with Gasteiger partial charge in [-0.2, -0.15) is 0 Å². The first kappa shape index (κ1) is 20.4. The molecule has 0 fully saturated rings. The fourth-order valence-electron chi connectivity index (χ4n) is 3.76. The zero-order valence-electron chi connectivity index (χ0n) is 17.4. The first-order valence-electron chi connectivity index (χ1n) is 10.4. The van der Waals surface area contributed by atoms with Gasteiger partial charge < -0.3 is 4.74 Å². The van der Waals surface area contributed by atoms with Crippen LogP contribution in [0.4, 0.5) is 0 Å². The molecule has 0 atom stereocenters. The topological polar surface area (TPSA) is 53.2 Å². The molecule has 4 aromatic rings. The highest BCUT2D eigenvalue weighted by atomic mass is 16.5. The summed E-state index contributed by atoms with van der Waals surface area (Å²) in [6.45, 7) is 2.33. The van der Waals surface area contributed by atoms with Gasteiger partial charge in [-0.15, -0.1) is 0 Å². The lowest BCUT2D eigenvalue weighted by molar-refractivity contribution is -0.143. The number of rotatable bonds is 7. The van der Waals surface area contributed by atoms with Crippen LogP contribution >= 0.6 is 0 Å². The quantitative estimate of drug-likeness (QED) is 0.405. The average molecular weight is 412 g/mol. The molecule has 1 aromatic heterocycles. The summed E-state index contributed by atoms with van der Waals surface area (Å²) in [6.07, 6.45) is 0.126. The number of nitrogens with zero attached hydrogens (tertiary/aromatic N) is 2. The zero-order chi connectivity index (χ0) is 21.6. The number of carbonyl (C=O) groups excluding carboxylic acids is 1. The van der Waals surface area contributed by atoms with Crippen LogP contribution in [-0.4, -0.2) is 21.7 Å². The van der Waals surface area contributed by atoms with Gasteiger partial charge in [0, 0.05) is 17.7 Å². The molecular weight excluding hydrogens is 388 g/mol. The Labute approximate surface area is 181 Å². The maximum Gasteiger partial charge on any atom is 0.333 e. The van der Waals surface area contributed by atoms with Gasteiger partial charge in [0.05, 0.1) is 30.1 Å². The molecule has 0 N–H and O–H groups in total. The van der Waals surface area contributed by atoms with Crippen LogP contribution in [0.15, 0.2) is 95.8 Å². The maximum absolute atomic E-state index is 13.7. The Morgan fingerprint density at radius 3 is 1.84 bits per heavy atom. The third kappa shape index (κ3) is 4.21. The van der Waals surface area contributed by atoms with E-state index in [1.54, 1.807) is 16.1 Å². The van der Waals surface area contributed by atoms with Crippen molar-refractivity contribution in [2.45, 2.75) is 19.9 Å². The minimum atomic E-state index is -0.317. The standard InChI is InChI=1S/C26H24N2O3/c1-2-31-23(29)18-19-27-24(20-12-6-3-7-13-20)25(21-14-8-4-9-15-21)28(26(27)30)22-16-10-5-11-17-22/h3-17H,2,18-19H2,1H3. The second-order valence-electron chi connectivity index (χ2n) is 7.09. The molecule has 156 valence electrons. The summed E-state index contributed by atoms with van der Waals surface area (Å²) in [5, 5.41) is 0. The van der Waals surface area contributed by atoms with Crippen molar-refractivity contribution < 1.29 is 9.53 Å². The van der Waals surface area contributed by atoms with Gasteiger partial charge in [0.25, 0.3) is 0 Å². The number of esters is 1. The Bertz CT molecular complexity index is 1210. The Morgan fingerprint density at radius 2 is 1.29 bits per heavy atom. The second-order valence-corrected chi connectivity index (χ2v) is 7.09. The summed E-state index contributed by atoms with van der Waals surface area (Å²) < 4.78 is 8.50. The Balaban J connectivity index is 1.99. The minimum absolute atomic E-state index is 0.126. The van der Waals surface area contributed by atoms with Crippen molar-refractivity contribution in [3.63, 3.8) is 0 Å². The first-order chi connectivity index (χ1) is 15.2. The van der Waals surface area contributed by atoms with Crippen LogP contribution in [0.2, 0.25) is 0 Å². The lowest BCUT2D eigenvalue weighted by atomic mass is 10.0. The van der Waals surface area contributed by atoms with Crippen molar-refractivity contribution in [2.75, 3.05) is 6.61 Å². The molecule has 0 unspecified atom stereocenters. The van der Waals surface area contributed by atoms with Crippen LogP contribution < -0.4 is 5.69 Å². The van der Waals surface area contributed by atoms with Crippen molar-refractivity contribution in [1.82, 2.24) is 9.13 Å². The molecule has 5 nitrogen and oxygen atoms in total. The van der Waals surface area contributed by atoms with Crippen molar-refractivity contribution in [3.05, 3.63) is 101 Å². The van der Waals surface area contributed by atoms with E-state index >= 15 is 0 Å². The fourth-order valence-corrected chi connectivity index (χ4v) is 3.76. The lowest BCUT2D eigenvalue weighted by Gasteiger charge is -2.12. The van der Waals surface area contributed by atoms with E-state index < -0.39 is 0 Å². The average Bonchev–Trinajstić information content (AvgIpc) is 3.11. The fraction of sp³-hybridized carbons (Fsp3) is 0.154. The van der Waals surface area contributed by atoms with Gasteiger partial charge in [-0.25, -0.2) is 4.79 Å². The number of benzene rings is 3. The van der Waals surface area contributed by atoms with Gasteiger partial charge >= 0.3 is 11.7 Å². The highest BCUT2D eigenvalue weighted by Crippen LogP contribution is 2.33. The highest BCUT2D eigenvalue weighted by molar-refractivity contribution is 5.80. The number of aromatic nitrogens is 2. The van der Waals surface area contributed by atoms with Gasteiger partial charge in [-0.1, -0.05) is 78.9 Å². The van der Waals surface area contributed by atoms with E-state index in [0.717, 1.165) is 28.2 Å². The molecule has 0 spiro atoms. The van der Waals surface area contributed by atoms with Crippen LogP contribution in [0, 0.1) is 0 Å². The third-order valence-corrected chi connectivity index (χ3v) is 5.09. The normalized spacial score (nSPS) is 10.7. The molecule has 0 aliphatic heterocycles. The summed E-state index contributed by atoms with van der Waals surface area (Å²) >= 11 is 0. The van der Waals surface area contributed by atoms with E-state index in [0.29, 0.717) is 6.61 Å². The summed E-state index contributed by atoms with van der Waals surface area (Å²) in [6, 6.07) is 29.2. The molecule has 0 saturated heterocycles. The molecule has 0 aliphatic carbocycles. The highest BCUT2D eigenvalue weighted by Gasteiger charge is 2.23. The molecule has 4 rings (SSSR count). The first-order valence-corrected chi connectivity index (χ1v) is 10.4. The monoisotopic (exact) mass is 412 g/mol. The number of hydrogen-bond donors (Lipinski definition) is 0. The van der Waals surface area contributed by atoms with E-state index in [4.69, 9.17) is 4.74 Å². The van der Waals surface area contributed by atoms with Gasteiger partial charge in [0.2, 0.25) is 0 Å². The van der Waals surface area contributed by atoms with Gasteiger partial charge in [-0.05, 0) is 19.1 Å². The van der Waals surface area contributed by atoms with Crippen LogP contribution in [0.1, 0.15) is 13.3 Å². The molecule has 0 aliphatic rings. The number of ether oxygens (including phenoxy) is 1. The van der Waals surface area contributed by atoms with Crippen molar-refractivity contribution in [1.29, 1.82) is 0 Å². The van der Waals surface area contributed by atoms with Crippen LogP contribution in [0.5, 0.6) is 0 Å². The minimum Gasteiger partial charge on any atom is -0.466 e. The van der Waals surface area contributed by atoms with Crippen LogP contribution in [0.3, 0.4) is 0 Å². The summed E-state index contributed by atoms with van der Waals surface area (Å²) in [4.78, 5) is 25.8. The molecule has 3 aromatic carbocycles. The molecule has 0 amide bonds. The molecule has 31 heavy (non-hydrogen) atoms. The number of hydrogen-bond acceptors (Lipinski definition) is 3. The molecule has 0 bridgehead atoms. The number of carbonyl (C=O) groups is 1. The van der Waals surface area contributed by atoms with Gasteiger partial charge in [0.15, 0.2) is 0 Å². The zero-order valence-corrected chi connectivity index (χ0v) is 17.4. The van der Waals surface area contributed by atoms with Gasteiger partial charge in [0.1, 0.15) is 0 Å². The number of para-hydroxylation sites is 1. The van der Waals surface area contributed by atoms with E-state index in [2.05, 4.69) is 0 Å². The summed E-state index contributed by atoms with van der Waals surface area (Å²) in [5.74, 6) is -0.317. The van der Waals surface area contributed by atoms with Crippen LogP contribution in [-0.2, 0) is 16.1 Å². The van der Waals surface area contributed by atoms with E-state index in [-0.39, 0.29) is 24.6 Å².